The summed E-state index contributed by atoms with van der Waals surface area (Å²) in [7, 11) is 0. The summed E-state index contributed by atoms with van der Waals surface area (Å²) in [6, 6.07) is 62.7. The molecular weight excluding hydrogens is 661 g/mol. The van der Waals surface area contributed by atoms with E-state index in [0.717, 1.165) is 5.69 Å². The predicted molar refractivity (Wildman–Crippen MR) is 228 cm³/mol. The molecular formula is C50H34N2S. The summed E-state index contributed by atoms with van der Waals surface area (Å²) >= 11 is 1.88. The molecule has 0 fully saturated rings. The molecule has 0 bridgehead atoms. The van der Waals surface area contributed by atoms with Crippen molar-refractivity contribution in [3.05, 3.63) is 181 Å². The van der Waals surface area contributed by atoms with Crippen LogP contribution in [0, 0.1) is 13.8 Å². The maximum Gasteiger partial charge on any atom is 0.0548 e. The highest BCUT2D eigenvalue weighted by atomic mass is 32.1. The topological polar surface area (TPSA) is 9.86 Å². The van der Waals surface area contributed by atoms with Crippen LogP contribution in [0.1, 0.15) is 11.1 Å². The van der Waals surface area contributed by atoms with Crippen LogP contribution in [0.4, 0.5) is 0 Å². The van der Waals surface area contributed by atoms with Gasteiger partial charge in [0.2, 0.25) is 0 Å². The van der Waals surface area contributed by atoms with E-state index >= 15 is 0 Å². The molecule has 250 valence electrons. The molecule has 0 saturated carbocycles. The van der Waals surface area contributed by atoms with Gasteiger partial charge in [-0.2, -0.15) is 0 Å². The zero-order valence-corrected chi connectivity index (χ0v) is 30.3. The van der Waals surface area contributed by atoms with Gasteiger partial charge in [-0.25, -0.2) is 0 Å². The predicted octanol–water partition coefficient (Wildman–Crippen LogP) is 14.2. The Labute approximate surface area is 311 Å². The Morgan fingerprint density at radius 2 is 0.868 bits per heavy atom. The number of hydrogen-bond donors (Lipinski definition) is 0. The molecule has 3 heteroatoms. The Bertz CT molecular complexity index is 3230. The second-order valence-electron chi connectivity index (χ2n) is 14.3. The largest absolute Gasteiger partial charge is 0.309 e. The molecule has 0 atom stereocenters. The highest BCUT2D eigenvalue weighted by molar-refractivity contribution is 7.25. The Morgan fingerprint density at radius 3 is 1.51 bits per heavy atom. The number of aromatic nitrogens is 2. The van der Waals surface area contributed by atoms with Crippen molar-refractivity contribution in [1.29, 1.82) is 0 Å². The van der Waals surface area contributed by atoms with Crippen molar-refractivity contribution in [3.8, 4) is 33.6 Å². The number of para-hydroxylation sites is 2. The summed E-state index contributed by atoms with van der Waals surface area (Å²) < 4.78 is 7.53. The molecule has 3 aromatic heterocycles. The van der Waals surface area contributed by atoms with Gasteiger partial charge in [0, 0.05) is 53.1 Å². The van der Waals surface area contributed by atoms with Gasteiger partial charge in [0.15, 0.2) is 0 Å². The van der Waals surface area contributed by atoms with E-state index in [1.54, 1.807) is 0 Å². The first-order chi connectivity index (χ1) is 26.1. The van der Waals surface area contributed by atoms with Crippen molar-refractivity contribution in [2.75, 3.05) is 0 Å². The molecule has 53 heavy (non-hydrogen) atoms. The van der Waals surface area contributed by atoms with Crippen LogP contribution in [0.2, 0.25) is 0 Å². The zero-order chi connectivity index (χ0) is 35.2. The Balaban J connectivity index is 1.01. The molecule has 0 saturated heterocycles. The van der Waals surface area contributed by atoms with Crippen molar-refractivity contribution < 1.29 is 0 Å². The molecule has 0 amide bonds. The summed E-state index contributed by atoms with van der Waals surface area (Å²) in [6.45, 7) is 4.44. The Kier molecular flexibility index (Phi) is 6.58. The fourth-order valence-electron chi connectivity index (χ4n) is 8.64. The summed E-state index contributed by atoms with van der Waals surface area (Å²) in [6.07, 6.45) is 0. The lowest BCUT2D eigenvalue weighted by Gasteiger charge is -2.13. The number of aryl methyl sites for hydroxylation is 2. The quantitative estimate of drug-likeness (QED) is 0.174. The van der Waals surface area contributed by atoms with Crippen LogP contribution in [0.15, 0.2) is 170 Å². The van der Waals surface area contributed by atoms with Gasteiger partial charge >= 0.3 is 0 Å². The van der Waals surface area contributed by atoms with Crippen LogP contribution >= 0.6 is 11.3 Å². The fraction of sp³-hybridized carbons (Fsp3) is 0.0400. The number of fused-ring (bicyclic) bond motifs is 9. The van der Waals surface area contributed by atoms with E-state index in [-0.39, 0.29) is 0 Å². The van der Waals surface area contributed by atoms with E-state index in [2.05, 4.69) is 193 Å². The smallest absolute Gasteiger partial charge is 0.0548 e. The number of rotatable bonds is 4. The second kappa shape index (κ2) is 11.5. The third kappa shape index (κ3) is 4.57. The van der Waals surface area contributed by atoms with Crippen molar-refractivity contribution in [1.82, 2.24) is 9.13 Å². The third-order valence-electron chi connectivity index (χ3n) is 11.2. The first-order valence-corrected chi connectivity index (χ1v) is 19.1. The minimum absolute atomic E-state index is 1.16. The number of benzene rings is 8. The van der Waals surface area contributed by atoms with Crippen LogP contribution in [0.5, 0.6) is 0 Å². The molecule has 0 aliphatic carbocycles. The molecule has 3 heterocycles. The molecule has 0 N–H and O–H groups in total. The zero-order valence-electron chi connectivity index (χ0n) is 29.5. The average Bonchev–Trinajstić information content (AvgIpc) is 3.84. The molecule has 0 unspecified atom stereocenters. The lowest BCUT2D eigenvalue weighted by atomic mass is 9.95. The van der Waals surface area contributed by atoms with Gasteiger partial charge in [-0.1, -0.05) is 103 Å². The van der Waals surface area contributed by atoms with Gasteiger partial charge in [-0.15, -0.1) is 11.3 Å². The van der Waals surface area contributed by atoms with E-state index in [1.807, 2.05) is 11.3 Å². The summed E-state index contributed by atoms with van der Waals surface area (Å²) in [5, 5.41) is 7.79. The summed E-state index contributed by atoms with van der Waals surface area (Å²) in [4.78, 5) is 0. The van der Waals surface area contributed by atoms with Crippen LogP contribution in [-0.2, 0) is 0 Å². The van der Waals surface area contributed by atoms with Crippen LogP contribution < -0.4 is 0 Å². The first kappa shape index (κ1) is 30.2. The van der Waals surface area contributed by atoms with E-state index in [1.165, 1.54) is 103 Å². The molecule has 0 aliphatic heterocycles. The van der Waals surface area contributed by atoms with Crippen LogP contribution in [0.25, 0.3) is 97.4 Å². The number of hydrogen-bond acceptors (Lipinski definition) is 1. The van der Waals surface area contributed by atoms with Gasteiger partial charge in [0.25, 0.3) is 0 Å². The maximum atomic E-state index is 2.43. The van der Waals surface area contributed by atoms with Crippen molar-refractivity contribution in [2.45, 2.75) is 13.8 Å². The van der Waals surface area contributed by atoms with Crippen molar-refractivity contribution >= 4 is 75.1 Å². The Morgan fingerprint density at radius 1 is 0.340 bits per heavy atom. The molecule has 8 aromatic carbocycles. The maximum absolute atomic E-state index is 2.43. The summed E-state index contributed by atoms with van der Waals surface area (Å²) in [5.74, 6) is 0. The van der Waals surface area contributed by atoms with Crippen LogP contribution in [-0.4, -0.2) is 9.13 Å². The average molecular weight is 695 g/mol. The molecule has 11 aromatic rings. The van der Waals surface area contributed by atoms with Crippen molar-refractivity contribution in [2.24, 2.45) is 0 Å². The minimum atomic E-state index is 1.16. The molecule has 0 spiro atoms. The van der Waals surface area contributed by atoms with Gasteiger partial charge in [0.05, 0.1) is 22.1 Å². The molecule has 0 radical (unpaired) electrons. The number of nitrogens with zero attached hydrogens (tertiary/aromatic N) is 2. The van der Waals surface area contributed by atoms with Crippen LogP contribution in [0.3, 0.4) is 0 Å². The Hall–Kier alpha value is -6.42. The van der Waals surface area contributed by atoms with Crippen molar-refractivity contribution in [3.63, 3.8) is 0 Å². The first-order valence-electron chi connectivity index (χ1n) is 18.3. The molecule has 11 rings (SSSR count). The standard InChI is InChI=1S/C50H34N2S/c1-31-11-3-4-12-37(31)41-28-47-42(27-32(41)2)38-13-5-8-16-45(38)51(47)35-23-19-33(20-24-35)34-21-25-36(26-22-34)52-46-17-9-6-14-39(46)43-30-50-44(29-48(43)52)40-15-7-10-18-49(40)53-50/h3-30H,1-2H3. The van der Waals surface area contributed by atoms with Gasteiger partial charge in [-0.3, -0.25) is 0 Å². The molecule has 0 aliphatic rings. The third-order valence-corrected chi connectivity index (χ3v) is 12.3. The second-order valence-corrected chi connectivity index (χ2v) is 15.3. The SMILES string of the molecule is Cc1ccccc1-c1cc2c(cc1C)c1ccccc1n2-c1ccc(-c2ccc(-n3c4ccccc4c4cc5sc6ccccc6c5cc43)cc2)cc1. The van der Waals surface area contributed by atoms with E-state index < -0.39 is 0 Å². The van der Waals surface area contributed by atoms with Gasteiger partial charge < -0.3 is 9.13 Å². The van der Waals surface area contributed by atoms with E-state index in [0.29, 0.717) is 0 Å². The van der Waals surface area contributed by atoms with E-state index in [4.69, 9.17) is 0 Å². The summed E-state index contributed by atoms with van der Waals surface area (Å²) in [5.41, 5.74) is 14.8. The highest BCUT2D eigenvalue weighted by Crippen LogP contribution is 2.41. The van der Waals surface area contributed by atoms with Gasteiger partial charge in [0.1, 0.15) is 0 Å². The minimum Gasteiger partial charge on any atom is -0.309 e. The lowest BCUT2D eigenvalue weighted by Crippen LogP contribution is -1.95. The van der Waals surface area contributed by atoms with E-state index in [9.17, 15) is 0 Å². The number of thiophene rings is 1. The van der Waals surface area contributed by atoms with Gasteiger partial charge in [-0.05, 0) is 114 Å². The monoisotopic (exact) mass is 694 g/mol. The lowest BCUT2D eigenvalue weighted by molar-refractivity contribution is 1.18. The normalized spacial score (nSPS) is 12.0. The molecule has 2 nitrogen and oxygen atoms in total. The highest BCUT2D eigenvalue weighted by Gasteiger charge is 2.18. The fourth-order valence-corrected chi connectivity index (χ4v) is 9.76.